The fourth-order valence-electron chi connectivity index (χ4n) is 0.928. The lowest BCUT2D eigenvalue weighted by atomic mass is 10.2. The topological polar surface area (TPSA) is 57.6 Å². The highest BCUT2D eigenvalue weighted by Crippen LogP contribution is 2.07. The molecule has 0 unspecified atom stereocenters. The summed E-state index contributed by atoms with van der Waals surface area (Å²) in [6, 6.07) is 5.37. The van der Waals surface area contributed by atoms with Crippen LogP contribution in [0.4, 0.5) is 4.39 Å². The third-order valence-electron chi connectivity index (χ3n) is 1.71. The van der Waals surface area contributed by atoms with Crippen molar-refractivity contribution in [3.8, 4) is 0 Å². The number of halogens is 1. The van der Waals surface area contributed by atoms with E-state index < -0.39 is 10.3 Å². The molecule has 0 aliphatic carbocycles. The van der Waals surface area contributed by atoms with Gasteiger partial charge in [0.1, 0.15) is 5.82 Å². The average molecular weight is 219 g/mol. The van der Waals surface area contributed by atoms with Gasteiger partial charge in [0.2, 0.25) is 0 Å². The largest absolute Gasteiger partial charge is 0.335 e. The van der Waals surface area contributed by atoms with Gasteiger partial charge in [-0.1, -0.05) is 12.1 Å². The van der Waals surface area contributed by atoms with E-state index in [1.165, 1.54) is 31.3 Å². The number of benzene rings is 1. The molecule has 0 saturated heterocycles. The molecule has 0 radical (unpaired) electrons. The van der Waals surface area contributed by atoms with Crippen LogP contribution in [0.25, 0.3) is 0 Å². The Morgan fingerprint density at radius 1 is 1.36 bits per heavy atom. The summed E-state index contributed by atoms with van der Waals surface area (Å²) in [6.07, 6.45) is 0. The Hall–Kier alpha value is -0.980. The highest BCUT2D eigenvalue weighted by Gasteiger charge is 2.13. The monoisotopic (exact) mass is 219 g/mol. The van der Waals surface area contributed by atoms with Crippen LogP contribution in [0.3, 0.4) is 0 Å². The van der Waals surface area contributed by atoms with Gasteiger partial charge in [0, 0.05) is 13.6 Å². The van der Waals surface area contributed by atoms with Crippen LogP contribution in [-0.4, -0.2) is 24.3 Å². The predicted octanol–water partition coefficient (Wildman–Crippen LogP) is 1.06. The molecule has 0 fully saturated rings. The van der Waals surface area contributed by atoms with Crippen molar-refractivity contribution in [2.24, 2.45) is 0 Å². The van der Waals surface area contributed by atoms with Crippen molar-refractivity contribution < 1.29 is 17.4 Å². The fraction of sp³-hybridized carbons (Fsp3) is 0.250. The van der Waals surface area contributed by atoms with Gasteiger partial charge in [-0.15, -0.1) is 0 Å². The van der Waals surface area contributed by atoms with E-state index in [2.05, 4.69) is 0 Å². The zero-order chi connectivity index (χ0) is 10.8. The van der Waals surface area contributed by atoms with Crippen LogP contribution in [0.1, 0.15) is 5.56 Å². The van der Waals surface area contributed by atoms with Gasteiger partial charge in [-0.25, -0.2) is 4.39 Å². The molecule has 0 aromatic heterocycles. The van der Waals surface area contributed by atoms with E-state index in [1.807, 2.05) is 0 Å². The summed E-state index contributed by atoms with van der Waals surface area (Å²) in [5, 5.41) is 0. The Labute approximate surface area is 81.9 Å². The molecule has 0 aliphatic rings. The molecule has 14 heavy (non-hydrogen) atoms. The summed E-state index contributed by atoms with van der Waals surface area (Å²) < 4.78 is 43.1. The fourth-order valence-corrected chi connectivity index (χ4v) is 1.24. The first-order valence-electron chi connectivity index (χ1n) is 3.83. The summed E-state index contributed by atoms with van der Waals surface area (Å²) >= 11 is 0. The Balaban J connectivity index is 2.75. The molecule has 1 rings (SSSR count). The minimum absolute atomic E-state index is 0.0130. The minimum Gasteiger partial charge on any atom is -0.273 e. The molecule has 0 bridgehead atoms. The van der Waals surface area contributed by atoms with E-state index in [4.69, 9.17) is 4.55 Å². The summed E-state index contributed by atoms with van der Waals surface area (Å²) in [7, 11) is -2.94. The highest BCUT2D eigenvalue weighted by molar-refractivity contribution is 7.83. The lowest BCUT2D eigenvalue weighted by Gasteiger charge is -2.11. The van der Waals surface area contributed by atoms with Gasteiger partial charge in [-0.05, 0) is 17.7 Å². The molecular formula is C8H10FNO3S. The lowest BCUT2D eigenvalue weighted by Crippen LogP contribution is -2.25. The quantitative estimate of drug-likeness (QED) is 0.773. The van der Waals surface area contributed by atoms with Gasteiger partial charge in [-0.2, -0.15) is 12.7 Å². The number of hydrogen-bond acceptors (Lipinski definition) is 2. The summed E-state index contributed by atoms with van der Waals surface area (Å²) in [6.45, 7) is 0.0130. The van der Waals surface area contributed by atoms with Crippen molar-refractivity contribution in [3.05, 3.63) is 35.6 Å². The summed E-state index contributed by atoms with van der Waals surface area (Å²) in [5.74, 6) is -0.386. The predicted molar refractivity (Wildman–Crippen MR) is 49.4 cm³/mol. The zero-order valence-corrected chi connectivity index (χ0v) is 8.33. The first-order chi connectivity index (χ1) is 6.39. The van der Waals surface area contributed by atoms with Gasteiger partial charge in [0.25, 0.3) is 0 Å². The van der Waals surface area contributed by atoms with Crippen LogP contribution >= 0.6 is 0 Å². The molecule has 0 amide bonds. The van der Waals surface area contributed by atoms with Gasteiger partial charge in [-0.3, -0.25) is 4.55 Å². The molecule has 78 valence electrons. The van der Waals surface area contributed by atoms with Crippen molar-refractivity contribution >= 4 is 10.3 Å². The van der Waals surface area contributed by atoms with Crippen LogP contribution in [-0.2, 0) is 16.8 Å². The second-order valence-corrected chi connectivity index (χ2v) is 4.38. The Kier molecular flexibility index (Phi) is 3.20. The van der Waals surface area contributed by atoms with Crippen molar-refractivity contribution in [1.29, 1.82) is 0 Å². The molecule has 0 atom stereocenters. The maximum absolute atomic E-state index is 12.5. The number of hydrogen-bond donors (Lipinski definition) is 1. The average Bonchev–Trinajstić information content (AvgIpc) is 2.07. The van der Waals surface area contributed by atoms with E-state index >= 15 is 0 Å². The first-order valence-corrected chi connectivity index (χ1v) is 5.22. The van der Waals surface area contributed by atoms with Crippen LogP contribution in [0, 0.1) is 5.82 Å². The molecule has 1 N–H and O–H groups in total. The van der Waals surface area contributed by atoms with E-state index in [-0.39, 0.29) is 12.4 Å². The van der Waals surface area contributed by atoms with Crippen molar-refractivity contribution in [1.82, 2.24) is 4.31 Å². The molecular weight excluding hydrogens is 209 g/mol. The Bertz CT molecular complexity index is 401. The summed E-state index contributed by atoms with van der Waals surface area (Å²) in [4.78, 5) is 0. The molecule has 0 heterocycles. The van der Waals surface area contributed by atoms with Crippen LogP contribution in [0.5, 0.6) is 0 Å². The maximum atomic E-state index is 12.5. The molecule has 0 saturated carbocycles. The van der Waals surface area contributed by atoms with Crippen LogP contribution in [0.2, 0.25) is 0 Å². The number of rotatable bonds is 3. The standard InChI is InChI=1S/C8H10FNO3S/c1-10(14(11,12)13)6-7-2-4-8(9)5-3-7/h2-5H,6H2,1H3,(H,11,12,13). The van der Waals surface area contributed by atoms with Crippen molar-refractivity contribution in [2.45, 2.75) is 6.54 Å². The van der Waals surface area contributed by atoms with Crippen LogP contribution in [0.15, 0.2) is 24.3 Å². The highest BCUT2D eigenvalue weighted by atomic mass is 32.2. The van der Waals surface area contributed by atoms with Gasteiger partial charge >= 0.3 is 10.3 Å². The lowest BCUT2D eigenvalue weighted by molar-refractivity contribution is 0.383. The van der Waals surface area contributed by atoms with Crippen molar-refractivity contribution in [2.75, 3.05) is 7.05 Å². The third kappa shape index (κ3) is 3.06. The van der Waals surface area contributed by atoms with E-state index in [0.717, 1.165) is 4.31 Å². The summed E-state index contributed by atoms with van der Waals surface area (Å²) in [5.41, 5.74) is 0.603. The minimum atomic E-state index is -4.17. The second kappa shape index (κ2) is 4.04. The smallest absolute Gasteiger partial charge is 0.273 e. The first kappa shape index (κ1) is 11.1. The maximum Gasteiger partial charge on any atom is 0.335 e. The van der Waals surface area contributed by atoms with E-state index in [0.29, 0.717) is 5.56 Å². The Morgan fingerprint density at radius 2 is 1.86 bits per heavy atom. The zero-order valence-electron chi connectivity index (χ0n) is 7.51. The molecule has 0 aliphatic heterocycles. The van der Waals surface area contributed by atoms with Gasteiger partial charge < -0.3 is 0 Å². The molecule has 1 aromatic carbocycles. The number of nitrogens with zero attached hydrogens (tertiary/aromatic N) is 1. The second-order valence-electron chi connectivity index (χ2n) is 2.86. The SMILES string of the molecule is CN(Cc1ccc(F)cc1)S(=O)(=O)O. The normalized spacial score (nSPS) is 12.0. The van der Waals surface area contributed by atoms with Gasteiger partial charge in [0.15, 0.2) is 0 Å². The van der Waals surface area contributed by atoms with Gasteiger partial charge in [0.05, 0.1) is 0 Å². The van der Waals surface area contributed by atoms with E-state index in [1.54, 1.807) is 0 Å². The molecule has 0 spiro atoms. The molecule has 6 heteroatoms. The Morgan fingerprint density at radius 3 is 2.29 bits per heavy atom. The van der Waals surface area contributed by atoms with Crippen molar-refractivity contribution in [3.63, 3.8) is 0 Å². The van der Waals surface area contributed by atoms with E-state index in [9.17, 15) is 12.8 Å². The third-order valence-corrected chi connectivity index (χ3v) is 2.63. The molecule has 1 aromatic rings. The molecule has 4 nitrogen and oxygen atoms in total. The van der Waals surface area contributed by atoms with Crippen LogP contribution < -0.4 is 0 Å².